The maximum atomic E-state index is 13.9. The lowest BCUT2D eigenvalue weighted by Crippen LogP contribution is -2.44. The number of hydrogen-bond donors (Lipinski definition) is 4. The number of anilines is 2. The molecule has 0 spiro atoms. The first-order chi connectivity index (χ1) is 16.6. The molecule has 0 unspecified atom stereocenters. The third-order valence-electron chi connectivity index (χ3n) is 5.42. The predicted octanol–water partition coefficient (Wildman–Crippen LogP) is 3.39. The van der Waals surface area contributed by atoms with Crippen molar-refractivity contribution in [3.63, 3.8) is 0 Å². The van der Waals surface area contributed by atoms with E-state index in [9.17, 15) is 19.5 Å². The number of aromatic nitrogens is 1. The van der Waals surface area contributed by atoms with Gasteiger partial charge in [0.1, 0.15) is 16.7 Å². The summed E-state index contributed by atoms with van der Waals surface area (Å²) < 4.78 is 3.95. The minimum Gasteiger partial charge on any atom is -0.508 e. The van der Waals surface area contributed by atoms with Gasteiger partial charge in [0.25, 0.3) is 11.8 Å². The van der Waals surface area contributed by atoms with Crippen molar-refractivity contribution >= 4 is 40.6 Å². The summed E-state index contributed by atoms with van der Waals surface area (Å²) in [6.07, 6.45) is 0.760. The molecule has 0 saturated carbocycles. The summed E-state index contributed by atoms with van der Waals surface area (Å²) in [5.74, 6) is -1.45. The number of hydrogen-bond acceptors (Lipinski definition) is 7. The van der Waals surface area contributed by atoms with Crippen LogP contribution in [-0.2, 0) is 4.79 Å². The smallest absolute Gasteiger partial charge is 0.273 e. The molecule has 1 heterocycles. The Morgan fingerprint density at radius 3 is 2.26 bits per heavy atom. The van der Waals surface area contributed by atoms with Gasteiger partial charge in [-0.1, -0.05) is 43.7 Å². The largest absolute Gasteiger partial charge is 0.508 e. The van der Waals surface area contributed by atoms with Crippen LogP contribution in [0, 0.1) is 12.8 Å². The van der Waals surface area contributed by atoms with Crippen molar-refractivity contribution in [2.24, 2.45) is 11.7 Å². The molecular formula is C25H29N5O4S. The number of rotatable bonds is 9. The maximum absolute atomic E-state index is 13.9. The van der Waals surface area contributed by atoms with E-state index in [1.807, 2.05) is 19.1 Å². The van der Waals surface area contributed by atoms with E-state index in [0.717, 1.165) is 23.5 Å². The first kappa shape index (κ1) is 25.7. The van der Waals surface area contributed by atoms with Crippen molar-refractivity contribution in [3.05, 3.63) is 70.2 Å². The number of benzene rings is 2. The Morgan fingerprint density at radius 2 is 1.71 bits per heavy atom. The van der Waals surface area contributed by atoms with Gasteiger partial charge < -0.3 is 21.9 Å². The molecular weight excluding hydrogens is 466 g/mol. The SMILES string of the molecule is Cc1ccc(N(C(=O)c2snc(C(N)=O)c2N)[C@H](C(=O)NCCC(C)C)c2ccc(O)cc2)cc1. The van der Waals surface area contributed by atoms with Gasteiger partial charge >= 0.3 is 0 Å². The van der Waals surface area contributed by atoms with Crippen LogP contribution >= 0.6 is 11.5 Å². The number of phenols is 1. The Morgan fingerprint density at radius 1 is 1.09 bits per heavy atom. The molecule has 6 N–H and O–H groups in total. The Balaban J connectivity index is 2.14. The lowest BCUT2D eigenvalue weighted by molar-refractivity contribution is -0.122. The van der Waals surface area contributed by atoms with E-state index < -0.39 is 23.8 Å². The van der Waals surface area contributed by atoms with Crippen LogP contribution < -0.4 is 21.7 Å². The first-order valence-corrected chi connectivity index (χ1v) is 11.9. The molecule has 3 amide bonds. The van der Waals surface area contributed by atoms with E-state index in [1.54, 1.807) is 24.3 Å². The molecule has 3 aromatic rings. The summed E-state index contributed by atoms with van der Waals surface area (Å²) in [5, 5.41) is 12.7. The number of carbonyl (C=O) groups excluding carboxylic acids is 3. The minimum absolute atomic E-state index is 0.00173. The van der Waals surface area contributed by atoms with Crippen molar-refractivity contribution in [2.45, 2.75) is 33.2 Å². The van der Waals surface area contributed by atoms with E-state index in [-0.39, 0.29) is 22.0 Å². The highest BCUT2D eigenvalue weighted by Gasteiger charge is 2.36. The molecule has 2 aromatic carbocycles. The fourth-order valence-electron chi connectivity index (χ4n) is 3.48. The number of nitrogen functional groups attached to an aromatic ring is 1. The molecule has 0 aliphatic heterocycles. The number of aryl methyl sites for hydroxylation is 1. The number of carbonyl (C=O) groups is 3. The molecule has 3 rings (SSSR count). The van der Waals surface area contributed by atoms with Gasteiger partial charge in [-0.2, -0.15) is 4.37 Å². The number of nitrogens with zero attached hydrogens (tertiary/aromatic N) is 2. The van der Waals surface area contributed by atoms with Gasteiger partial charge in [-0.15, -0.1) is 0 Å². The zero-order valence-electron chi connectivity index (χ0n) is 19.8. The normalized spacial score (nSPS) is 11.8. The Bertz CT molecular complexity index is 1210. The third-order valence-corrected chi connectivity index (χ3v) is 6.27. The van der Waals surface area contributed by atoms with Crippen molar-refractivity contribution in [2.75, 3.05) is 17.2 Å². The second kappa shape index (κ2) is 11.0. The number of nitrogens with two attached hydrogens (primary N) is 2. The number of aromatic hydroxyl groups is 1. The van der Waals surface area contributed by atoms with Crippen LogP contribution in [0.1, 0.15) is 57.6 Å². The van der Waals surface area contributed by atoms with Crippen LogP contribution in [0.2, 0.25) is 0 Å². The van der Waals surface area contributed by atoms with Crippen LogP contribution in [0.3, 0.4) is 0 Å². The molecule has 1 atom stereocenters. The van der Waals surface area contributed by atoms with E-state index in [2.05, 4.69) is 23.5 Å². The van der Waals surface area contributed by atoms with Crippen LogP contribution in [0.25, 0.3) is 0 Å². The molecule has 0 aliphatic carbocycles. The fraction of sp³-hybridized carbons (Fsp3) is 0.280. The van der Waals surface area contributed by atoms with E-state index in [1.165, 1.54) is 17.0 Å². The summed E-state index contributed by atoms with van der Waals surface area (Å²) in [6.45, 7) is 6.44. The molecule has 10 heteroatoms. The van der Waals surface area contributed by atoms with Gasteiger partial charge in [0.15, 0.2) is 5.69 Å². The predicted molar refractivity (Wildman–Crippen MR) is 136 cm³/mol. The highest BCUT2D eigenvalue weighted by molar-refractivity contribution is 7.09. The van der Waals surface area contributed by atoms with Gasteiger partial charge in [-0.05, 0) is 60.6 Å². The average Bonchev–Trinajstić information content (AvgIpc) is 3.20. The number of amides is 3. The highest BCUT2D eigenvalue weighted by Crippen LogP contribution is 2.33. The van der Waals surface area contributed by atoms with Gasteiger partial charge in [0, 0.05) is 12.2 Å². The molecule has 0 radical (unpaired) electrons. The van der Waals surface area contributed by atoms with Gasteiger partial charge in [-0.25, -0.2) is 0 Å². The molecule has 0 aliphatic rings. The number of primary amides is 1. The molecule has 0 saturated heterocycles. The molecule has 9 nitrogen and oxygen atoms in total. The summed E-state index contributed by atoms with van der Waals surface area (Å²) in [7, 11) is 0. The Kier molecular flexibility index (Phi) is 8.08. The van der Waals surface area contributed by atoms with E-state index in [4.69, 9.17) is 11.5 Å². The van der Waals surface area contributed by atoms with Crippen LogP contribution in [0.5, 0.6) is 5.75 Å². The van der Waals surface area contributed by atoms with Gasteiger partial charge in [0.05, 0.1) is 5.69 Å². The monoisotopic (exact) mass is 495 g/mol. The van der Waals surface area contributed by atoms with E-state index >= 15 is 0 Å². The molecule has 184 valence electrons. The summed E-state index contributed by atoms with van der Waals surface area (Å²) in [6, 6.07) is 12.1. The molecule has 0 bridgehead atoms. The summed E-state index contributed by atoms with van der Waals surface area (Å²) in [5.41, 5.74) is 13.0. The average molecular weight is 496 g/mol. The van der Waals surface area contributed by atoms with Gasteiger partial charge in [-0.3, -0.25) is 19.3 Å². The van der Waals surface area contributed by atoms with Crippen molar-refractivity contribution in [1.82, 2.24) is 9.69 Å². The quantitative estimate of drug-likeness (QED) is 0.357. The van der Waals surface area contributed by atoms with E-state index in [0.29, 0.717) is 23.7 Å². The topological polar surface area (TPSA) is 152 Å². The third kappa shape index (κ3) is 5.96. The maximum Gasteiger partial charge on any atom is 0.273 e. The van der Waals surface area contributed by atoms with Crippen molar-refractivity contribution in [1.29, 1.82) is 0 Å². The van der Waals surface area contributed by atoms with Crippen molar-refractivity contribution < 1.29 is 19.5 Å². The Labute approximate surface area is 207 Å². The first-order valence-electron chi connectivity index (χ1n) is 11.1. The molecule has 1 aromatic heterocycles. The summed E-state index contributed by atoms with van der Waals surface area (Å²) >= 11 is 0.749. The van der Waals surface area contributed by atoms with Crippen LogP contribution in [-0.4, -0.2) is 33.7 Å². The lowest BCUT2D eigenvalue weighted by atomic mass is 10.0. The number of phenolic OH excluding ortho intramolecular Hbond substituents is 1. The number of nitrogens with one attached hydrogen (secondary N) is 1. The zero-order valence-corrected chi connectivity index (χ0v) is 20.6. The second-order valence-electron chi connectivity index (χ2n) is 8.62. The van der Waals surface area contributed by atoms with Crippen LogP contribution in [0.15, 0.2) is 48.5 Å². The molecule has 0 fully saturated rings. The highest BCUT2D eigenvalue weighted by atomic mass is 32.1. The zero-order chi connectivity index (χ0) is 25.7. The molecule has 35 heavy (non-hydrogen) atoms. The Hall–Kier alpha value is -3.92. The lowest BCUT2D eigenvalue weighted by Gasteiger charge is -2.31. The fourth-order valence-corrected chi connectivity index (χ4v) is 4.22. The standard InChI is InChI=1S/C25H29N5O4S/c1-14(2)12-13-28-24(33)21(16-6-10-18(31)11-7-16)30(17-8-4-15(3)5-9-17)25(34)22-19(26)20(23(27)32)29-35-22/h4-11,14,21,31H,12-13,26H2,1-3H3,(H2,27,32)(H,28,33)/t21-/m0/s1. The summed E-state index contributed by atoms with van der Waals surface area (Å²) in [4.78, 5) is 40.4. The van der Waals surface area contributed by atoms with Gasteiger partial charge in [0.2, 0.25) is 5.91 Å². The van der Waals surface area contributed by atoms with Crippen molar-refractivity contribution in [3.8, 4) is 5.75 Å². The minimum atomic E-state index is -1.09. The van der Waals surface area contributed by atoms with Crippen LogP contribution in [0.4, 0.5) is 11.4 Å². The second-order valence-corrected chi connectivity index (χ2v) is 9.39.